The number of hydrogen-bond donors (Lipinski definition) is 3. The molecule has 0 aliphatic carbocycles. The standard InChI is InChI=1S/C9H21N3O2S/c1-9(2,3)12-15(13,14)11-8-4-6-10-7-5-8/h8,10-12H,4-7H2,1-3H3. The first-order chi connectivity index (χ1) is 6.79. The molecule has 3 N–H and O–H groups in total. The molecule has 0 amide bonds. The molecule has 15 heavy (non-hydrogen) atoms. The summed E-state index contributed by atoms with van der Waals surface area (Å²) in [5.41, 5.74) is -0.432. The van der Waals surface area contributed by atoms with Crippen molar-refractivity contribution in [2.75, 3.05) is 13.1 Å². The van der Waals surface area contributed by atoms with Crippen molar-refractivity contribution in [2.45, 2.75) is 45.2 Å². The molecule has 1 rings (SSSR count). The molecule has 1 saturated heterocycles. The number of rotatable bonds is 3. The lowest BCUT2D eigenvalue weighted by molar-refractivity contribution is 0.416. The molecule has 0 bridgehead atoms. The molecule has 90 valence electrons. The molecular weight excluding hydrogens is 214 g/mol. The summed E-state index contributed by atoms with van der Waals surface area (Å²) in [5, 5.41) is 3.19. The van der Waals surface area contributed by atoms with Crippen LogP contribution in [0.3, 0.4) is 0 Å². The maximum Gasteiger partial charge on any atom is 0.277 e. The third kappa shape index (κ3) is 5.46. The van der Waals surface area contributed by atoms with Gasteiger partial charge in [0.25, 0.3) is 10.2 Å². The van der Waals surface area contributed by atoms with Crippen LogP contribution in [0.5, 0.6) is 0 Å². The molecule has 0 saturated carbocycles. The van der Waals surface area contributed by atoms with Gasteiger partial charge in [0.1, 0.15) is 0 Å². The SMILES string of the molecule is CC(C)(C)NS(=O)(=O)NC1CCNCC1. The fourth-order valence-electron chi connectivity index (χ4n) is 1.59. The Morgan fingerprint density at radius 1 is 1.20 bits per heavy atom. The van der Waals surface area contributed by atoms with E-state index in [0.29, 0.717) is 0 Å². The molecule has 0 atom stereocenters. The Hall–Kier alpha value is -0.170. The van der Waals surface area contributed by atoms with Crippen LogP contribution in [0.15, 0.2) is 0 Å². The molecule has 0 aromatic carbocycles. The molecule has 6 heteroatoms. The minimum absolute atomic E-state index is 0.0612. The number of piperidine rings is 1. The molecule has 0 unspecified atom stereocenters. The van der Waals surface area contributed by atoms with Crippen LogP contribution in [0.1, 0.15) is 33.6 Å². The Kier molecular flexibility index (Phi) is 4.11. The second-order valence-electron chi connectivity index (χ2n) is 5.00. The summed E-state index contributed by atoms with van der Waals surface area (Å²) < 4.78 is 28.6. The van der Waals surface area contributed by atoms with E-state index >= 15 is 0 Å². The second kappa shape index (κ2) is 4.78. The van der Waals surface area contributed by atoms with Crippen LogP contribution in [0.25, 0.3) is 0 Å². The predicted octanol–water partition coefficient (Wildman–Crippen LogP) is -0.0391. The van der Waals surface area contributed by atoms with E-state index in [2.05, 4.69) is 14.8 Å². The molecule has 0 radical (unpaired) electrons. The molecule has 0 aromatic rings. The molecule has 5 nitrogen and oxygen atoms in total. The van der Waals surface area contributed by atoms with E-state index in [9.17, 15) is 8.42 Å². The van der Waals surface area contributed by atoms with Crippen LogP contribution >= 0.6 is 0 Å². The van der Waals surface area contributed by atoms with Gasteiger partial charge in [0.2, 0.25) is 0 Å². The van der Waals surface area contributed by atoms with Crippen LogP contribution < -0.4 is 14.8 Å². The lowest BCUT2D eigenvalue weighted by Gasteiger charge is -2.26. The third-order valence-electron chi connectivity index (χ3n) is 2.10. The summed E-state index contributed by atoms with van der Waals surface area (Å²) in [4.78, 5) is 0. The summed E-state index contributed by atoms with van der Waals surface area (Å²) in [6.07, 6.45) is 1.70. The van der Waals surface area contributed by atoms with E-state index in [1.807, 2.05) is 20.8 Å². The molecule has 1 aliphatic rings. The zero-order valence-corrected chi connectivity index (χ0v) is 10.4. The summed E-state index contributed by atoms with van der Waals surface area (Å²) in [6.45, 7) is 7.24. The van der Waals surface area contributed by atoms with Gasteiger partial charge in [0.05, 0.1) is 0 Å². The van der Waals surface area contributed by atoms with Crippen molar-refractivity contribution in [3.63, 3.8) is 0 Å². The molecular formula is C9H21N3O2S. The van der Waals surface area contributed by atoms with E-state index < -0.39 is 15.7 Å². The van der Waals surface area contributed by atoms with Gasteiger partial charge in [-0.1, -0.05) is 0 Å². The Bertz CT molecular complexity index is 289. The summed E-state index contributed by atoms with van der Waals surface area (Å²) >= 11 is 0. The van der Waals surface area contributed by atoms with Crippen molar-refractivity contribution >= 4 is 10.2 Å². The maximum atomic E-state index is 11.7. The van der Waals surface area contributed by atoms with Gasteiger partial charge in [0, 0.05) is 11.6 Å². The van der Waals surface area contributed by atoms with E-state index in [0.717, 1.165) is 25.9 Å². The normalized spacial score (nSPS) is 20.5. The van der Waals surface area contributed by atoms with Crippen LogP contribution in [0, 0.1) is 0 Å². The van der Waals surface area contributed by atoms with Gasteiger partial charge in [-0.3, -0.25) is 0 Å². The van der Waals surface area contributed by atoms with Crippen molar-refractivity contribution in [2.24, 2.45) is 0 Å². The highest BCUT2D eigenvalue weighted by Gasteiger charge is 2.23. The summed E-state index contributed by atoms with van der Waals surface area (Å²) in [5.74, 6) is 0. The second-order valence-corrected chi connectivity index (χ2v) is 6.44. The first-order valence-corrected chi connectivity index (χ1v) is 6.79. The quantitative estimate of drug-likeness (QED) is 0.643. The van der Waals surface area contributed by atoms with Crippen molar-refractivity contribution in [1.82, 2.24) is 14.8 Å². The summed E-state index contributed by atoms with van der Waals surface area (Å²) in [7, 11) is -3.37. The molecule has 1 aliphatic heterocycles. The van der Waals surface area contributed by atoms with E-state index in [-0.39, 0.29) is 6.04 Å². The van der Waals surface area contributed by atoms with Gasteiger partial charge < -0.3 is 5.32 Å². The molecule has 0 aromatic heterocycles. The zero-order valence-electron chi connectivity index (χ0n) is 9.63. The average molecular weight is 235 g/mol. The highest BCUT2D eigenvalue weighted by molar-refractivity contribution is 7.87. The van der Waals surface area contributed by atoms with Crippen LogP contribution in [-0.2, 0) is 10.2 Å². The minimum atomic E-state index is -3.37. The van der Waals surface area contributed by atoms with Crippen molar-refractivity contribution < 1.29 is 8.42 Å². The Balaban J connectivity index is 2.48. The van der Waals surface area contributed by atoms with Crippen molar-refractivity contribution in [3.8, 4) is 0 Å². The predicted molar refractivity (Wildman–Crippen MR) is 60.8 cm³/mol. The third-order valence-corrected chi connectivity index (χ3v) is 3.63. The topological polar surface area (TPSA) is 70.2 Å². The highest BCUT2D eigenvalue weighted by Crippen LogP contribution is 2.05. The number of hydrogen-bond acceptors (Lipinski definition) is 3. The summed E-state index contributed by atoms with van der Waals surface area (Å²) in [6, 6.07) is 0.0612. The number of nitrogens with one attached hydrogen (secondary N) is 3. The highest BCUT2D eigenvalue weighted by atomic mass is 32.2. The van der Waals surface area contributed by atoms with Crippen molar-refractivity contribution in [3.05, 3.63) is 0 Å². The van der Waals surface area contributed by atoms with E-state index in [1.54, 1.807) is 0 Å². The van der Waals surface area contributed by atoms with Crippen LogP contribution in [0.4, 0.5) is 0 Å². The smallest absolute Gasteiger partial charge is 0.277 e. The molecule has 1 fully saturated rings. The maximum absolute atomic E-state index is 11.7. The largest absolute Gasteiger partial charge is 0.317 e. The molecule has 1 heterocycles. The Morgan fingerprint density at radius 2 is 1.73 bits per heavy atom. The van der Waals surface area contributed by atoms with Gasteiger partial charge in [-0.05, 0) is 46.7 Å². The monoisotopic (exact) mass is 235 g/mol. The minimum Gasteiger partial charge on any atom is -0.317 e. The van der Waals surface area contributed by atoms with Crippen LogP contribution in [0.2, 0.25) is 0 Å². The van der Waals surface area contributed by atoms with Crippen LogP contribution in [-0.4, -0.2) is 33.1 Å². The van der Waals surface area contributed by atoms with Gasteiger partial charge in [-0.25, -0.2) is 0 Å². The van der Waals surface area contributed by atoms with Gasteiger partial charge >= 0.3 is 0 Å². The lowest BCUT2D eigenvalue weighted by atomic mass is 10.1. The first-order valence-electron chi connectivity index (χ1n) is 5.30. The van der Waals surface area contributed by atoms with E-state index in [4.69, 9.17) is 0 Å². The van der Waals surface area contributed by atoms with Gasteiger partial charge in [-0.15, -0.1) is 0 Å². The Labute approximate surface area is 92.2 Å². The van der Waals surface area contributed by atoms with Gasteiger partial charge in [0.15, 0.2) is 0 Å². The van der Waals surface area contributed by atoms with Gasteiger partial charge in [-0.2, -0.15) is 17.9 Å². The zero-order chi connectivity index (χ0) is 11.5. The average Bonchev–Trinajstić information content (AvgIpc) is 1.99. The van der Waals surface area contributed by atoms with Crippen molar-refractivity contribution in [1.29, 1.82) is 0 Å². The Morgan fingerprint density at radius 3 is 2.20 bits per heavy atom. The first kappa shape index (κ1) is 12.9. The molecule has 0 spiro atoms. The fourth-order valence-corrected chi connectivity index (χ4v) is 3.13. The fraction of sp³-hybridized carbons (Fsp3) is 1.00. The van der Waals surface area contributed by atoms with E-state index in [1.165, 1.54) is 0 Å². The lowest BCUT2D eigenvalue weighted by Crippen LogP contribution is -2.51.